The summed E-state index contributed by atoms with van der Waals surface area (Å²) in [6, 6.07) is 9.71. The molecule has 3 fully saturated rings. The number of piperidine rings is 1. The Hall–Kier alpha value is -2.32. The average Bonchev–Trinajstić information content (AvgIpc) is 3.14. The second kappa shape index (κ2) is 11.8. The maximum atomic E-state index is 13.3. The van der Waals surface area contributed by atoms with Crippen molar-refractivity contribution in [3.63, 3.8) is 0 Å². The number of piperazine rings is 1. The van der Waals surface area contributed by atoms with Gasteiger partial charge in [-0.1, -0.05) is 18.2 Å². The lowest BCUT2D eigenvalue weighted by atomic mass is 9.96. The molecule has 0 spiro atoms. The van der Waals surface area contributed by atoms with Crippen molar-refractivity contribution in [1.29, 1.82) is 0 Å². The van der Waals surface area contributed by atoms with Crippen LogP contribution in [0.2, 0.25) is 0 Å². The summed E-state index contributed by atoms with van der Waals surface area (Å²) in [5, 5.41) is 3.99. The molecule has 2 aromatic rings. The van der Waals surface area contributed by atoms with Crippen LogP contribution in [-0.2, 0) is 20.0 Å². The Balaban J connectivity index is 1.16. The van der Waals surface area contributed by atoms with Crippen LogP contribution >= 0.6 is 0 Å². The molecule has 41 heavy (non-hydrogen) atoms. The summed E-state index contributed by atoms with van der Waals surface area (Å²) in [5.41, 5.74) is 0.693. The van der Waals surface area contributed by atoms with Crippen LogP contribution < -0.4 is 10.9 Å². The standard InChI is InChI=1S/C28H41N5O6S2/c1-20(2)33-26-8-5-4-7-21(26)17-25(28(33)35)27(34)29-22-18-23-9-10-24(19-22)32(23)11-6-16-41(38,39)31-14-12-30(13-15-31)40(3,36)37/h4-5,7-8,17,20,22-24H,6,9-16,18-19H2,1-3H3,(H,29,34)/t22-,23-,24+. The normalized spacial score (nSPS) is 24.7. The maximum absolute atomic E-state index is 13.3. The molecule has 226 valence electrons. The third kappa shape index (κ3) is 6.38. The smallest absolute Gasteiger partial charge is 0.264 e. The van der Waals surface area contributed by atoms with Crippen LogP contribution in [0.25, 0.3) is 10.9 Å². The van der Waals surface area contributed by atoms with Gasteiger partial charge < -0.3 is 9.88 Å². The van der Waals surface area contributed by atoms with E-state index in [1.165, 1.54) is 8.61 Å². The number of fused-ring (bicyclic) bond motifs is 3. The zero-order valence-electron chi connectivity index (χ0n) is 24.0. The molecule has 0 radical (unpaired) electrons. The number of para-hydroxylation sites is 1. The van der Waals surface area contributed by atoms with Gasteiger partial charge in [-0.05, 0) is 70.0 Å². The molecule has 0 unspecified atom stereocenters. The first kappa shape index (κ1) is 30.1. The number of carbonyl (C=O) groups is 1. The Bertz CT molecular complexity index is 1550. The Morgan fingerprint density at radius 3 is 2.20 bits per heavy atom. The molecule has 1 aromatic heterocycles. The minimum Gasteiger partial charge on any atom is -0.349 e. The summed E-state index contributed by atoms with van der Waals surface area (Å²) in [7, 11) is -6.77. The van der Waals surface area contributed by atoms with E-state index in [9.17, 15) is 26.4 Å². The van der Waals surface area contributed by atoms with Crippen molar-refractivity contribution < 1.29 is 21.6 Å². The molecule has 1 N–H and O–H groups in total. The highest BCUT2D eigenvalue weighted by Crippen LogP contribution is 2.36. The molecule has 2 bridgehead atoms. The first-order valence-corrected chi connectivity index (χ1v) is 17.9. The molecule has 3 saturated heterocycles. The second-order valence-corrected chi connectivity index (χ2v) is 16.0. The number of carbonyl (C=O) groups excluding carboxylic acids is 1. The van der Waals surface area contributed by atoms with Gasteiger partial charge in [0.05, 0.1) is 17.5 Å². The molecular formula is C28H41N5O6S2. The Morgan fingerprint density at radius 1 is 0.976 bits per heavy atom. The summed E-state index contributed by atoms with van der Waals surface area (Å²) in [4.78, 5) is 29.0. The highest BCUT2D eigenvalue weighted by atomic mass is 32.2. The first-order chi connectivity index (χ1) is 19.3. The van der Waals surface area contributed by atoms with E-state index in [1.807, 2.05) is 38.1 Å². The lowest BCUT2D eigenvalue weighted by Gasteiger charge is -2.39. The van der Waals surface area contributed by atoms with Crippen LogP contribution in [0.3, 0.4) is 0 Å². The number of aromatic nitrogens is 1. The molecule has 3 aliphatic rings. The van der Waals surface area contributed by atoms with E-state index >= 15 is 0 Å². The highest BCUT2D eigenvalue weighted by molar-refractivity contribution is 7.89. The number of hydrogen-bond acceptors (Lipinski definition) is 7. The molecule has 4 heterocycles. The predicted molar refractivity (Wildman–Crippen MR) is 159 cm³/mol. The largest absolute Gasteiger partial charge is 0.349 e. The van der Waals surface area contributed by atoms with Crippen molar-refractivity contribution in [2.45, 2.75) is 70.1 Å². The number of nitrogens with zero attached hydrogens (tertiary/aromatic N) is 4. The van der Waals surface area contributed by atoms with Gasteiger partial charge in [0.1, 0.15) is 5.56 Å². The van der Waals surface area contributed by atoms with Gasteiger partial charge in [0.25, 0.3) is 11.5 Å². The van der Waals surface area contributed by atoms with E-state index in [1.54, 1.807) is 10.6 Å². The summed E-state index contributed by atoms with van der Waals surface area (Å²) in [6.07, 6.45) is 5.21. The van der Waals surface area contributed by atoms with Gasteiger partial charge in [-0.15, -0.1) is 0 Å². The summed E-state index contributed by atoms with van der Waals surface area (Å²) < 4.78 is 53.7. The Morgan fingerprint density at radius 2 is 1.59 bits per heavy atom. The third-order valence-electron chi connectivity index (χ3n) is 8.80. The van der Waals surface area contributed by atoms with E-state index in [-0.39, 0.29) is 73.1 Å². The molecule has 3 aliphatic heterocycles. The molecule has 13 heteroatoms. The van der Waals surface area contributed by atoms with E-state index in [0.29, 0.717) is 13.0 Å². The van der Waals surface area contributed by atoms with Gasteiger partial charge in [0.2, 0.25) is 20.0 Å². The topological polar surface area (TPSA) is 129 Å². The minimum atomic E-state index is -3.46. The van der Waals surface area contributed by atoms with Crippen molar-refractivity contribution in [3.05, 3.63) is 46.2 Å². The zero-order chi connectivity index (χ0) is 29.5. The van der Waals surface area contributed by atoms with Gasteiger partial charge >= 0.3 is 0 Å². The van der Waals surface area contributed by atoms with E-state index < -0.39 is 20.0 Å². The van der Waals surface area contributed by atoms with Gasteiger partial charge in [-0.3, -0.25) is 14.5 Å². The number of sulfonamides is 2. The molecule has 11 nitrogen and oxygen atoms in total. The lowest BCUT2D eigenvalue weighted by Crippen LogP contribution is -2.52. The van der Waals surface area contributed by atoms with Crippen LogP contribution in [0.15, 0.2) is 35.1 Å². The number of hydrogen-bond donors (Lipinski definition) is 1. The SMILES string of the molecule is CC(C)n1c(=O)c(C(=O)N[C@@H]2C[C@H]3CC[C@@H](C2)N3CCCS(=O)(=O)N2CCN(S(C)(=O)=O)CC2)cc2ccccc21. The van der Waals surface area contributed by atoms with Gasteiger partial charge in [-0.25, -0.2) is 16.8 Å². The molecule has 0 saturated carbocycles. The molecule has 1 amide bonds. The minimum absolute atomic E-state index is 0.0338. The second-order valence-electron chi connectivity index (χ2n) is 11.9. The fourth-order valence-electron chi connectivity index (χ4n) is 6.82. The zero-order valence-corrected chi connectivity index (χ0v) is 25.7. The number of pyridine rings is 1. The predicted octanol–water partition coefficient (Wildman–Crippen LogP) is 1.60. The number of benzene rings is 1. The molecule has 5 rings (SSSR count). The van der Waals surface area contributed by atoms with Crippen LogP contribution in [-0.4, -0.2) is 104 Å². The van der Waals surface area contributed by atoms with Crippen molar-refractivity contribution in [3.8, 4) is 0 Å². The fourth-order valence-corrected chi connectivity index (χ4v) is 9.12. The lowest BCUT2D eigenvalue weighted by molar-refractivity contribution is 0.0844. The van der Waals surface area contributed by atoms with Crippen LogP contribution in [0.5, 0.6) is 0 Å². The highest BCUT2D eigenvalue weighted by Gasteiger charge is 2.41. The van der Waals surface area contributed by atoms with Crippen molar-refractivity contribution in [2.75, 3.05) is 44.7 Å². The van der Waals surface area contributed by atoms with Crippen LogP contribution in [0, 0.1) is 0 Å². The van der Waals surface area contributed by atoms with E-state index in [0.717, 1.165) is 42.8 Å². The quantitative estimate of drug-likeness (QED) is 0.459. The summed E-state index contributed by atoms with van der Waals surface area (Å²) in [5.74, 6) is -0.304. The summed E-state index contributed by atoms with van der Waals surface area (Å²) >= 11 is 0. The molecule has 3 atom stereocenters. The first-order valence-electron chi connectivity index (χ1n) is 14.5. The van der Waals surface area contributed by atoms with Crippen molar-refractivity contribution in [1.82, 2.24) is 23.4 Å². The molecular weight excluding hydrogens is 566 g/mol. The monoisotopic (exact) mass is 607 g/mol. The maximum Gasteiger partial charge on any atom is 0.264 e. The number of amides is 1. The fraction of sp³-hybridized carbons (Fsp3) is 0.643. The van der Waals surface area contributed by atoms with Crippen molar-refractivity contribution in [2.24, 2.45) is 0 Å². The van der Waals surface area contributed by atoms with Crippen molar-refractivity contribution >= 4 is 36.9 Å². The van der Waals surface area contributed by atoms with Gasteiger partial charge in [0.15, 0.2) is 0 Å². The Kier molecular flexibility index (Phi) is 8.64. The van der Waals surface area contributed by atoms with Gasteiger partial charge in [-0.2, -0.15) is 8.61 Å². The molecule has 1 aromatic carbocycles. The van der Waals surface area contributed by atoms with Crippen LogP contribution in [0.1, 0.15) is 62.4 Å². The number of rotatable bonds is 9. The average molecular weight is 608 g/mol. The Labute approximate surface area is 242 Å². The van der Waals surface area contributed by atoms with E-state index in [2.05, 4.69) is 10.2 Å². The van der Waals surface area contributed by atoms with E-state index in [4.69, 9.17) is 0 Å². The third-order valence-corrected chi connectivity index (χ3v) is 12.1. The molecule has 0 aliphatic carbocycles. The summed E-state index contributed by atoms with van der Waals surface area (Å²) in [6.45, 7) is 5.29. The number of nitrogens with one attached hydrogen (secondary N) is 1. The van der Waals surface area contributed by atoms with Crippen LogP contribution in [0.4, 0.5) is 0 Å². The van der Waals surface area contributed by atoms with Gasteiger partial charge in [0, 0.05) is 50.3 Å².